The Labute approximate surface area is 218 Å². The van der Waals surface area contributed by atoms with Crippen LogP contribution < -0.4 is 4.57 Å². The van der Waals surface area contributed by atoms with Crippen molar-refractivity contribution in [2.45, 2.75) is 38.5 Å². The van der Waals surface area contributed by atoms with Gasteiger partial charge in [-0.3, -0.25) is 4.98 Å². The molecule has 3 heteroatoms. The largest absolute Gasteiger partial charge is 0.358 e. The Morgan fingerprint density at radius 3 is 2.59 bits per heavy atom. The third-order valence-electron chi connectivity index (χ3n) is 7.83. The summed E-state index contributed by atoms with van der Waals surface area (Å²) in [5.74, 6) is 0.401. The van der Waals surface area contributed by atoms with Crippen molar-refractivity contribution in [3.05, 3.63) is 121 Å². The van der Waals surface area contributed by atoms with Crippen molar-refractivity contribution >= 4 is 22.7 Å². The quantitative estimate of drug-likeness (QED) is 0.259. The van der Waals surface area contributed by atoms with Crippen molar-refractivity contribution in [1.82, 2.24) is 9.97 Å². The summed E-state index contributed by atoms with van der Waals surface area (Å²) in [6.45, 7) is 10.7. The average molecular weight is 483 g/mol. The van der Waals surface area contributed by atoms with Crippen molar-refractivity contribution in [3.63, 3.8) is 0 Å². The molecule has 1 N–H and O–H groups in total. The van der Waals surface area contributed by atoms with Gasteiger partial charge in [0.25, 0.3) is 0 Å². The fourth-order valence-electron chi connectivity index (χ4n) is 5.94. The second-order valence-corrected chi connectivity index (χ2v) is 10.0. The van der Waals surface area contributed by atoms with E-state index in [9.17, 15) is 0 Å². The van der Waals surface area contributed by atoms with Gasteiger partial charge < -0.3 is 4.98 Å². The number of nitrogens with one attached hydrogen (secondary N) is 1. The van der Waals surface area contributed by atoms with Gasteiger partial charge in [-0.1, -0.05) is 43.0 Å². The van der Waals surface area contributed by atoms with Crippen molar-refractivity contribution in [1.29, 1.82) is 0 Å². The van der Waals surface area contributed by atoms with E-state index in [-0.39, 0.29) is 0 Å². The number of H-pyrrole nitrogens is 1. The van der Waals surface area contributed by atoms with Gasteiger partial charge >= 0.3 is 0 Å². The van der Waals surface area contributed by atoms with E-state index < -0.39 is 0 Å². The predicted octanol–water partition coefficient (Wildman–Crippen LogP) is 8.12. The number of allylic oxidation sites excluding steroid dienone is 1. The number of nitrogens with zero attached hydrogens (tertiary/aromatic N) is 2. The molecule has 3 aromatic heterocycles. The molecule has 1 atom stereocenters. The normalized spacial score (nSPS) is 15.7. The summed E-state index contributed by atoms with van der Waals surface area (Å²) >= 11 is 0. The summed E-state index contributed by atoms with van der Waals surface area (Å²) in [6.07, 6.45) is 10.0. The van der Waals surface area contributed by atoms with E-state index in [0.717, 1.165) is 42.8 Å². The Morgan fingerprint density at radius 1 is 0.946 bits per heavy atom. The number of aryl methyl sites for hydroxylation is 2. The fraction of sp³-hybridized carbons (Fsp3) is 0.176. The number of aromatic nitrogens is 3. The van der Waals surface area contributed by atoms with Gasteiger partial charge in [-0.2, -0.15) is 4.57 Å². The lowest BCUT2D eigenvalue weighted by atomic mass is 9.83. The smallest absolute Gasteiger partial charge is 0.218 e. The number of fused-ring (bicyclic) bond motifs is 4. The van der Waals surface area contributed by atoms with Crippen LogP contribution in [0.1, 0.15) is 47.6 Å². The molecule has 1 aliphatic rings. The molecule has 2 aromatic carbocycles. The van der Waals surface area contributed by atoms with Crippen LogP contribution >= 0.6 is 0 Å². The van der Waals surface area contributed by atoms with Gasteiger partial charge in [0.05, 0.1) is 11.3 Å². The Bertz CT molecular complexity index is 1620. The van der Waals surface area contributed by atoms with Gasteiger partial charge in [-0.15, -0.1) is 0 Å². The van der Waals surface area contributed by atoms with Gasteiger partial charge in [0.2, 0.25) is 5.69 Å². The lowest BCUT2D eigenvalue weighted by Crippen LogP contribution is -2.34. The molecular formula is C34H32N3+. The highest BCUT2D eigenvalue weighted by Crippen LogP contribution is 2.38. The highest BCUT2D eigenvalue weighted by molar-refractivity contribution is 5.94. The summed E-state index contributed by atoms with van der Waals surface area (Å²) in [4.78, 5) is 8.27. The molecule has 0 bridgehead atoms. The third kappa shape index (κ3) is 4.21. The summed E-state index contributed by atoms with van der Waals surface area (Å²) in [7, 11) is 0. The minimum atomic E-state index is 0.401. The van der Waals surface area contributed by atoms with E-state index in [0.29, 0.717) is 5.92 Å². The second kappa shape index (κ2) is 9.67. The number of hydrogen-bond donors (Lipinski definition) is 1. The molecule has 4 heterocycles. The van der Waals surface area contributed by atoms with Crippen molar-refractivity contribution in [3.8, 4) is 22.5 Å². The highest BCUT2D eigenvalue weighted by atomic mass is 15.0. The molecule has 0 radical (unpaired) electrons. The zero-order valence-electron chi connectivity index (χ0n) is 21.4. The van der Waals surface area contributed by atoms with Crippen LogP contribution in [0.5, 0.6) is 0 Å². The molecule has 0 fully saturated rings. The Balaban J connectivity index is 1.50. The second-order valence-electron chi connectivity index (χ2n) is 10.0. The van der Waals surface area contributed by atoms with Crippen LogP contribution in [-0.4, -0.2) is 9.97 Å². The van der Waals surface area contributed by atoms with Crippen LogP contribution in [0.4, 0.5) is 0 Å². The molecule has 1 unspecified atom stereocenters. The number of aromatic amines is 1. The Kier molecular flexibility index (Phi) is 6.05. The molecule has 182 valence electrons. The third-order valence-corrected chi connectivity index (χ3v) is 7.83. The lowest BCUT2D eigenvalue weighted by Gasteiger charge is -2.22. The molecule has 3 nitrogen and oxygen atoms in total. The minimum Gasteiger partial charge on any atom is -0.358 e. The molecule has 0 saturated heterocycles. The molecule has 0 amide bonds. The molecule has 0 aliphatic carbocycles. The van der Waals surface area contributed by atoms with E-state index in [2.05, 4.69) is 108 Å². The molecule has 6 rings (SSSR count). The Hall–Kier alpha value is -4.24. The van der Waals surface area contributed by atoms with Crippen LogP contribution in [0.3, 0.4) is 0 Å². The van der Waals surface area contributed by atoms with Crippen LogP contribution in [0.2, 0.25) is 0 Å². The molecule has 5 aromatic rings. The molecule has 0 spiro atoms. The van der Waals surface area contributed by atoms with Crippen LogP contribution in [0.25, 0.3) is 45.2 Å². The van der Waals surface area contributed by atoms with Crippen LogP contribution in [0.15, 0.2) is 98.3 Å². The predicted molar refractivity (Wildman–Crippen MR) is 154 cm³/mol. The van der Waals surface area contributed by atoms with E-state index in [4.69, 9.17) is 0 Å². The number of rotatable bonds is 3. The zero-order valence-corrected chi connectivity index (χ0v) is 21.4. The first-order valence-electron chi connectivity index (χ1n) is 13.1. The number of pyridine rings is 2. The number of benzene rings is 2. The molecule has 1 aliphatic heterocycles. The monoisotopic (exact) mass is 482 g/mol. The maximum Gasteiger partial charge on any atom is 0.218 e. The first-order chi connectivity index (χ1) is 18.1. The van der Waals surface area contributed by atoms with E-state index in [1.165, 1.54) is 44.4 Å². The van der Waals surface area contributed by atoms with Crippen molar-refractivity contribution in [2.24, 2.45) is 0 Å². The SMILES string of the molecule is C=Cc1c(C)[nH]c2cc3c(cc12)-c1cccc[n+]1C(=C)CCC(c1ccccc1-c1ccccn1)CC3. The summed E-state index contributed by atoms with van der Waals surface area (Å²) < 4.78 is 2.28. The maximum atomic E-state index is 4.68. The summed E-state index contributed by atoms with van der Waals surface area (Å²) in [6, 6.07) is 26.1. The van der Waals surface area contributed by atoms with Gasteiger partial charge in [-0.05, 0) is 80.1 Å². The van der Waals surface area contributed by atoms with Crippen molar-refractivity contribution < 1.29 is 4.57 Å². The molecular weight excluding hydrogens is 450 g/mol. The summed E-state index contributed by atoms with van der Waals surface area (Å²) in [5, 5.41) is 1.22. The first-order valence-corrected chi connectivity index (χ1v) is 13.1. The molecule has 37 heavy (non-hydrogen) atoms. The highest BCUT2D eigenvalue weighted by Gasteiger charge is 2.26. The minimum absolute atomic E-state index is 0.401. The van der Waals surface area contributed by atoms with Gasteiger partial charge in [0.1, 0.15) is 0 Å². The summed E-state index contributed by atoms with van der Waals surface area (Å²) in [5.41, 5.74) is 12.1. The zero-order chi connectivity index (χ0) is 25.4. The van der Waals surface area contributed by atoms with Crippen molar-refractivity contribution in [2.75, 3.05) is 0 Å². The standard InChI is InChI=1S/C34H31N3/c1-4-27-24(3)36-33-21-26-18-17-25(28-11-5-6-12-29(28)32-13-7-9-19-35-32)16-15-23(2)37-20-10-8-14-34(37)30(26)22-31(27)33/h4-14,19-22,25H,1-2,15-18H2,3H3/p+1. The van der Waals surface area contributed by atoms with Crippen LogP contribution in [-0.2, 0) is 6.42 Å². The lowest BCUT2D eigenvalue weighted by molar-refractivity contribution is -0.571. The van der Waals surface area contributed by atoms with Gasteiger partial charge in [-0.25, -0.2) is 0 Å². The topological polar surface area (TPSA) is 32.6 Å². The van der Waals surface area contributed by atoms with E-state index >= 15 is 0 Å². The van der Waals surface area contributed by atoms with Crippen LogP contribution in [0, 0.1) is 6.92 Å². The van der Waals surface area contributed by atoms with Gasteiger partial charge in [0.15, 0.2) is 11.9 Å². The fourth-order valence-corrected chi connectivity index (χ4v) is 5.94. The van der Waals surface area contributed by atoms with E-state index in [1.807, 2.05) is 18.3 Å². The van der Waals surface area contributed by atoms with E-state index in [1.54, 1.807) is 0 Å². The Morgan fingerprint density at radius 2 is 1.76 bits per heavy atom. The first kappa shape index (κ1) is 23.2. The average Bonchev–Trinajstić information content (AvgIpc) is 3.26. The number of hydrogen-bond acceptors (Lipinski definition) is 1. The molecule has 0 saturated carbocycles. The maximum absolute atomic E-state index is 4.68. The van der Waals surface area contributed by atoms with Gasteiger partial charge in [0, 0.05) is 52.5 Å².